The number of hydrogen-bond acceptors (Lipinski definition) is 4. The second-order valence-electron chi connectivity index (χ2n) is 6.18. The van der Waals surface area contributed by atoms with Gasteiger partial charge >= 0.3 is 0 Å². The van der Waals surface area contributed by atoms with E-state index in [1.54, 1.807) is 36.7 Å². The molecule has 1 aliphatic carbocycles. The summed E-state index contributed by atoms with van der Waals surface area (Å²) in [5, 5.41) is 3.14. The van der Waals surface area contributed by atoms with Crippen LogP contribution in [0.3, 0.4) is 0 Å². The second-order valence-corrected chi connectivity index (χ2v) is 6.18. The van der Waals surface area contributed by atoms with Crippen LogP contribution in [0.4, 0.5) is 0 Å². The van der Waals surface area contributed by atoms with E-state index in [0.717, 1.165) is 19.3 Å². The van der Waals surface area contributed by atoms with Gasteiger partial charge in [0.1, 0.15) is 11.5 Å². The molecule has 1 aromatic heterocycles. The molecule has 1 aromatic carbocycles. The average Bonchev–Trinajstić information content (AvgIpc) is 2.63. The summed E-state index contributed by atoms with van der Waals surface area (Å²) in [7, 11) is 0. The van der Waals surface area contributed by atoms with Crippen molar-refractivity contribution in [3.63, 3.8) is 0 Å². The number of amides is 1. The number of nitrogens with one attached hydrogen (secondary N) is 1. The Morgan fingerprint density at radius 2 is 1.96 bits per heavy atom. The highest BCUT2D eigenvalue weighted by Gasteiger charge is 2.25. The number of aromatic nitrogens is 1. The van der Waals surface area contributed by atoms with Crippen LogP contribution in [0, 0.1) is 5.92 Å². The lowest BCUT2D eigenvalue weighted by Crippen LogP contribution is -2.44. The maximum atomic E-state index is 12.4. The lowest BCUT2D eigenvalue weighted by molar-refractivity contribution is 0.0908. The second kappa shape index (κ2) is 7.93. The third-order valence-corrected chi connectivity index (χ3v) is 4.51. The van der Waals surface area contributed by atoms with Gasteiger partial charge in [0.15, 0.2) is 0 Å². The summed E-state index contributed by atoms with van der Waals surface area (Å²) in [6, 6.07) is 11.0. The van der Waals surface area contributed by atoms with Crippen molar-refractivity contribution in [2.75, 3.05) is 6.54 Å². The number of nitrogens with zero attached hydrogens (tertiary/aromatic N) is 1. The molecule has 2 unspecified atom stereocenters. The molecule has 0 radical (unpaired) electrons. The Labute approximate surface area is 142 Å². The number of rotatable bonds is 5. The third-order valence-electron chi connectivity index (χ3n) is 4.51. The van der Waals surface area contributed by atoms with E-state index in [1.165, 1.54) is 6.42 Å². The van der Waals surface area contributed by atoms with Crippen LogP contribution >= 0.6 is 0 Å². The predicted molar refractivity (Wildman–Crippen MR) is 93.0 cm³/mol. The van der Waals surface area contributed by atoms with Gasteiger partial charge in [-0.1, -0.05) is 12.8 Å². The van der Waals surface area contributed by atoms with Gasteiger partial charge in [0.25, 0.3) is 5.91 Å². The number of nitrogens with two attached hydrogens (primary N) is 1. The van der Waals surface area contributed by atoms with Crippen molar-refractivity contribution in [3.05, 3.63) is 54.4 Å². The summed E-state index contributed by atoms with van der Waals surface area (Å²) in [6.07, 6.45) is 7.81. The fraction of sp³-hybridized carbons (Fsp3) is 0.368. The first-order valence-corrected chi connectivity index (χ1v) is 8.45. The van der Waals surface area contributed by atoms with Crippen LogP contribution in [0.5, 0.6) is 11.5 Å². The Hall–Kier alpha value is -2.40. The summed E-state index contributed by atoms with van der Waals surface area (Å²) >= 11 is 0. The molecule has 0 spiro atoms. The topological polar surface area (TPSA) is 77.2 Å². The Morgan fingerprint density at radius 1 is 1.17 bits per heavy atom. The minimum absolute atomic E-state index is 0.0479. The molecule has 1 aliphatic rings. The summed E-state index contributed by atoms with van der Waals surface area (Å²) in [4.78, 5) is 16.4. The summed E-state index contributed by atoms with van der Waals surface area (Å²) < 4.78 is 5.69. The highest BCUT2D eigenvalue weighted by Crippen LogP contribution is 2.24. The van der Waals surface area contributed by atoms with Crippen molar-refractivity contribution >= 4 is 5.91 Å². The first kappa shape index (κ1) is 16.5. The van der Waals surface area contributed by atoms with E-state index < -0.39 is 0 Å². The van der Waals surface area contributed by atoms with Gasteiger partial charge in [-0.3, -0.25) is 9.78 Å². The van der Waals surface area contributed by atoms with Crippen LogP contribution in [0.1, 0.15) is 36.0 Å². The smallest absolute Gasteiger partial charge is 0.251 e. The fourth-order valence-electron chi connectivity index (χ4n) is 3.15. The fourth-order valence-corrected chi connectivity index (χ4v) is 3.15. The van der Waals surface area contributed by atoms with Crippen molar-refractivity contribution in [1.82, 2.24) is 10.3 Å². The zero-order valence-corrected chi connectivity index (χ0v) is 13.7. The largest absolute Gasteiger partial charge is 0.456 e. The SMILES string of the molecule is NCC1CCCCC1NC(=O)c1ccc(Oc2cccnc2)cc1. The minimum Gasteiger partial charge on any atom is -0.456 e. The van der Waals surface area contributed by atoms with Gasteiger partial charge in [-0.25, -0.2) is 0 Å². The molecule has 5 nitrogen and oxygen atoms in total. The number of hydrogen-bond donors (Lipinski definition) is 2. The third kappa shape index (κ3) is 4.11. The normalized spacial score (nSPS) is 20.4. The molecule has 0 aliphatic heterocycles. The molecule has 2 aromatic rings. The quantitative estimate of drug-likeness (QED) is 0.885. The van der Waals surface area contributed by atoms with Crippen molar-refractivity contribution in [1.29, 1.82) is 0 Å². The van der Waals surface area contributed by atoms with Crippen molar-refractivity contribution < 1.29 is 9.53 Å². The van der Waals surface area contributed by atoms with Crippen LogP contribution < -0.4 is 15.8 Å². The molecule has 2 atom stereocenters. The van der Waals surface area contributed by atoms with Gasteiger partial charge in [0.2, 0.25) is 0 Å². The molecule has 5 heteroatoms. The zero-order chi connectivity index (χ0) is 16.8. The van der Waals surface area contributed by atoms with Gasteiger partial charge in [0.05, 0.1) is 6.20 Å². The van der Waals surface area contributed by atoms with Crippen LogP contribution in [-0.4, -0.2) is 23.5 Å². The number of ether oxygens (including phenoxy) is 1. The summed E-state index contributed by atoms with van der Waals surface area (Å²) in [5.41, 5.74) is 6.46. The van der Waals surface area contributed by atoms with Crippen molar-refractivity contribution in [2.45, 2.75) is 31.7 Å². The monoisotopic (exact) mass is 325 g/mol. The molecule has 1 amide bonds. The first-order valence-electron chi connectivity index (χ1n) is 8.45. The van der Waals surface area contributed by atoms with E-state index in [1.807, 2.05) is 12.1 Å². The molecule has 0 bridgehead atoms. The van der Waals surface area contributed by atoms with Crippen molar-refractivity contribution in [2.24, 2.45) is 11.7 Å². The number of pyridine rings is 1. The number of carbonyl (C=O) groups excluding carboxylic acids is 1. The van der Waals surface area contributed by atoms with Gasteiger partial charge < -0.3 is 15.8 Å². The van der Waals surface area contributed by atoms with Gasteiger partial charge in [-0.05, 0) is 61.7 Å². The predicted octanol–water partition coefficient (Wildman–Crippen LogP) is 3.12. The Bertz CT molecular complexity index is 658. The van der Waals surface area contributed by atoms with Crippen LogP contribution in [-0.2, 0) is 0 Å². The molecule has 126 valence electrons. The van der Waals surface area contributed by atoms with E-state index in [2.05, 4.69) is 10.3 Å². The van der Waals surface area contributed by atoms with Crippen LogP contribution in [0.25, 0.3) is 0 Å². The molecular weight excluding hydrogens is 302 g/mol. The first-order chi connectivity index (χ1) is 11.8. The van der Waals surface area contributed by atoms with Gasteiger partial charge in [0, 0.05) is 17.8 Å². The molecule has 24 heavy (non-hydrogen) atoms. The Balaban J connectivity index is 1.61. The molecule has 1 saturated carbocycles. The minimum atomic E-state index is -0.0479. The standard InChI is InChI=1S/C19H23N3O2/c20-12-15-4-1-2-6-18(15)22-19(23)14-7-9-16(10-8-14)24-17-5-3-11-21-13-17/h3,5,7-11,13,15,18H,1-2,4,6,12,20H2,(H,22,23). The number of carbonyl (C=O) groups is 1. The Morgan fingerprint density at radius 3 is 2.67 bits per heavy atom. The zero-order valence-electron chi connectivity index (χ0n) is 13.7. The molecule has 3 N–H and O–H groups in total. The maximum Gasteiger partial charge on any atom is 0.251 e. The average molecular weight is 325 g/mol. The van der Waals surface area contributed by atoms with Crippen LogP contribution in [0.2, 0.25) is 0 Å². The lowest BCUT2D eigenvalue weighted by atomic mass is 9.84. The summed E-state index contributed by atoms with van der Waals surface area (Å²) in [6.45, 7) is 0.628. The van der Waals surface area contributed by atoms with Gasteiger partial charge in [-0.15, -0.1) is 0 Å². The van der Waals surface area contributed by atoms with E-state index >= 15 is 0 Å². The van der Waals surface area contributed by atoms with E-state index in [4.69, 9.17) is 10.5 Å². The molecule has 1 heterocycles. The van der Waals surface area contributed by atoms with Crippen molar-refractivity contribution in [3.8, 4) is 11.5 Å². The van der Waals surface area contributed by atoms with E-state index in [0.29, 0.717) is 29.5 Å². The Kier molecular flexibility index (Phi) is 5.43. The van der Waals surface area contributed by atoms with Gasteiger partial charge in [-0.2, -0.15) is 0 Å². The van der Waals surface area contributed by atoms with Crippen LogP contribution in [0.15, 0.2) is 48.8 Å². The maximum absolute atomic E-state index is 12.4. The molecular formula is C19H23N3O2. The highest BCUT2D eigenvalue weighted by molar-refractivity contribution is 5.94. The number of benzene rings is 1. The lowest BCUT2D eigenvalue weighted by Gasteiger charge is -2.31. The van der Waals surface area contributed by atoms with E-state index in [-0.39, 0.29) is 11.9 Å². The summed E-state index contributed by atoms with van der Waals surface area (Å²) in [5.74, 6) is 1.68. The molecule has 1 fully saturated rings. The van der Waals surface area contributed by atoms with E-state index in [9.17, 15) is 4.79 Å². The molecule has 3 rings (SSSR count). The highest BCUT2D eigenvalue weighted by atomic mass is 16.5. The molecule has 0 saturated heterocycles.